The molecule has 1 N–H and O–H groups in total. The van der Waals surface area contributed by atoms with Crippen LogP contribution in [-0.4, -0.2) is 59.6 Å². The molecule has 2 aromatic rings. The van der Waals surface area contributed by atoms with Crippen molar-refractivity contribution in [2.45, 2.75) is 6.42 Å². The van der Waals surface area contributed by atoms with Crippen molar-refractivity contribution >= 4 is 11.8 Å². The summed E-state index contributed by atoms with van der Waals surface area (Å²) in [5, 5.41) is 2.78. The number of hydrogen-bond acceptors (Lipinski definition) is 4. The zero-order chi connectivity index (χ0) is 18.1. The van der Waals surface area contributed by atoms with E-state index in [0.717, 1.165) is 5.69 Å². The Bertz CT molecular complexity index is 820. The van der Waals surface area contributed by atoms with E-state index in [1.807, 2.05) is 35.0 Å². The second-order valence-corrected chi connectivity index (χ2v) is 6.96. The SMILES string of the molecule is CNC(=O)[C@]12CCOC[C@H]1CN(C(=O)c1cccc(-n3ccnc3)c1)C2. The lowest BCUT2D eigenvalue weighted by atomic mass is 9.73. The summed E-state index contributed by atoms with van der Waals surface area (Å²) in [5.74, 6) is -0.00473. The molecule has 0 saturated carbocycles. The van der Waals surface area contributed by atoms with E-state index in [-0.39, 0.29) is 17.7 Å². The number of amides is 2. The number of benzene rings is 1. The summed E-state index contributed by atoms with van der Waals surface area (Å²) in [6, 6.07) is 7.47. The van der Waals surface area contributed by atoms with Gasteiger partial charge in [-0.2, -0.15) is 0 Å². The van der Waals surface area contributed by atoms with Gasteiger partial charge >= 0.3 is 0 Å². The van der Waals surface area contributed by atoms with Gasteiger partial charge in [-0.1, -0.05) is 6.07 Å². The molecule has 2 atom stereocenters. The summed E-state index contributed by atoms with van der Waals surface area (Å²) in [6.07, 6.45) is 5.89. The number of nitrogens with zero attached hydrogens (tertiary/aromatic N) is 3. The molecule has 2 aliphatic rings. The Morgan fingerprint density at radius 1 is 1.38 bits per heavy atom. The summed E-state index contributed by atoms with van der Waals surface area (Å²) in [6.45, 7) is 2.06. The first-order chi connectivity index (χ1) is 12.6. The van der Waals surface area contributed by atoms with Gasteiger partial charge in [-0.15, -0.1) is 0 Å². The first kappa shape index (κ1) is 16.8. The minimum absolute atomic E-state index is 0.00765. The lowest BCUT2D eigenvalue weighted by molar-refractivity contribution is -0.138. The van der Waals surface area contributed by atoms with Gasteiger partial charge in [0.2, 0.25) is 5.91 Å². The summed E-state index contributed by atoms with van der Waals surface area (Å²) in [5.41, 5.74) is 0.960. The Morgan fingerprint density at radius 3 is 3.04 bits per heavy atom. The zero-order valence-electron chi connectivity index (χ0n) is 14.7. The Hall–Kier alpha value is -2.67. The van der Waals surface area contributed by atoms with E-state index in [1.54, 1.807) is 24.5 Å². The third kappa shape index (κ3) is 2.68. The maximum Gasteiger partial charge on any atom is 0.253 e. The van der Waals surface area contributed by atoms with E-state index in [1.165, 1.54) is 0 Å². The van der Waals surface area contributed by atoms with Crippen molar-refractivity contribution in [2.75, 3.05) is 33.4 Å². The molecule has 2 saturated heterocycles. The van der Waals surface area contributed by atoms with Gasteiger partial charge in [0, 0.05) is 56.3 Å². The van der Waals surface area contributed by atoms with Gasteiger partial charge in [-0.25, -0.2) is 4.98 Å². The molecule has 0 unspecified atom stereocenters. The topological polar surface area (TPSA) is 76.5 Å². The number of ether oxygens (including phenoxy) is 1. The van der Waals surface area contributed by atoms with Crippen LogP contribution in [0.15, 0.2) is 43.0 Å². The highest BCUT2D eigenvalue weighted by Crippen LogP contribution is 2.42. The minimum Gasteiger partial charge on any atom is -0.381 e. The van der Waals surface area contributed by atoms with Crippen molar-refractivity contribution in [3.05, 3.63) is 48.5 Å². The highest BCUT2D eigenvalue weighted by Gasteiger charge is 2.54. The molecule has 0 bridgehead atoms. The third-order valence-electron chi connectivity index (χ3n) is 5.57. The molecular formula is C19H22N4O3. The predicted octanol–water partition coefficient (Wildman–Crippen LogP) is 1.10. The molecule has 7 nitrogen and oxygen atoms in total. The highest BCUT2D eigenvalue weighted by molar-refractivity contribution is 5.96. The van der Waals surface area contributed by atoms with Crippen LogP contribution in [0.25, 0.3) is 5.69 Å². The van der Waals surface area contributed by atoms with Gasteiger partial charge < -0.3 is 19.5 Å². The molecule has 3 heterocycles. The first-order valence-electron chi connectivity index (χ1n) is 8.82. The highest BCUT2D eigenvalue weighted by atomic mass is 16.5. The average molecular weight is 354 g/mol. The number of nitrogens with one attached hydrogen (secondary N) is 1. The van der Waals surface area contributed by atoms with Crippen LogP contribution in [0.4, 0.5) is 0 Å². The van der Waals surface area contributed by atoms with Gasteiger partial charge in [0.25, 0.3) is 5.91 Å². The number of aromatic nitrogens is 2. The second kappa shape index (κ2) is 6.57. The van der Waals surface area contributed by atoms with Crippen molar-refractivity contribution in [3.8, 4) is 5.69 Å². The molecule has 0 radical (unpaired) electrons. The van der Waals surface area contributed by atoms with Gasteiger partial charge in [0.1, 0.15) is 0 Å². The van der Waals surface area contributed by atoms with E-state index < -0.39 is 5.41 Å². The lowest BCUT2D eigenvalue weighted by Gasteiger charge is -2.36. The molecule has 26 heavy (non-hydrogen) atoms. The number of rotatable bonds is 3. The molecule has 0 spiro atoms. The molecule has 136 valence electrons. The van der Waals surface area contributed by atoms with Crippen LogP contribution >= 0.6 is 0 Å². The Morgan fingerprint density at radius 2 is 2.27 bits per heavy atom. The lowest BCUT2D eigenvalue weighted by Crippen LogP contribution is -2.49. The molecule has 2 aliphatic heterocycles. The van der Waals surface area contributed by atoms with Crippen molar-refractivity contribution in [1.29, 1.82) is 0 Å². The van der Waals surface area contributed by atoms with Crippen LogP contribution < -0.4 is 5.32 Å². The molecular weight excluding hydrogens is 332 g/mol. The van der Waals surface area contributed by atoms with E-state index in [2.05, 4.69) is 10.3 Å². The van der Waals surface area contributed by atoms with Crippen LogP contribution in [0.2, 0.25) is 0 Å². The van der Waals surface area contributed by atoms with Crippen molar-refractivity contribution in [3.63, 3.8) is 0 Å². The van der Waals surface area contributed by atoms with Gasteiger partial charge in [0.15, 0.2) is 0 Å². The molecule has 2 amide bonds. The van der Waals surface area contributed by atoms with E-state index >= 15 is 0 Å². The van der Waals surface area contributed by atoms with Crippen LogP contribution in [0.3, 0.4) is 0 Å². The maximum absolute atomic E-state index is 13.1. The fourth-order valence-corrected chi connectivity index (χ4v) is 4.12. The average Bonchev–Trinajstić information content (AvgIpc) is 3.35. The Balaban J connectivity index is 1.60. The number of carbonyl (C=O) groups excluding carboxylic acids is 2. The molecule has 1 aromatic carbocycles. The fraction of sp³-hybridized carbons (Fsp3) is 0.421. The fourth-order valence-electron chi connectivity index (χ4n) is 4.12. The molecule has 7 heteroatoms. The van der Waals surface area contributed by atoms with Crippen LogP contribution in [-0.2, 0) is 9.53 Å². The van der Waals surface area contributed by atoms with Crippen molar-refractivity contribution in [1.82, 2.24) is 19.8 Å². The molecule has 0 aliphatic carbocycles. The summed E-state index contributed by atoms with van der Waals surface area (Å²) < 4.78 is 7.44. The minimum atomic E-state index is -0.537. The normalized spacial score (nSPS) is 25.0. The first-order valence-corrected chi connectivity index (χ1v) is 8.82. The second-order valence-electron chi connectivity index (χ2n) is 6.96. The number of fused-ring (bicyclic) bond motifs is 1. The molecule has 4 rings (SSSR count). The maximum atomic E-state index is 13.1. The number of hydrogen-bond donors (Lipinski definition) is 1. The van der Waals surface area contributed by atoms with E-state index in [4.69, 9.17) is 4.74 Å². The smallest absolute Gasteiger partial charge is 0.253 e. The third-order valence-corrected chi connectivity index (χ3v) is 5.57. The standard InChI is InChI=1S/C19H22N4O3/c1-20-18(25)19-5-8-26-11-15(19)10-23(12-19)17(24)14-3-2-4-16(9-14)22-7-6-21-13-22/h2-4,6-7,9,13,15H,5,8,10-12H2,1H3,(H,20,25)/t15-,19+/m1/s1. The summed E-state index contributed by atoms with van der Waals surface area (Å²) in [4.78, 5) is 31.5. The van der Waals surface area contributed by atoms with Crippen LogP contribution in [0.5, 0.6) is 0 Å². The summed E-state index contributed by atoms with van der Waals surface area (Å²) >= 11 is 0. The van der Waals surface area contributed by atoms with E-state index in [9.17, 15) is 9.59 Å². The van der Waals surface area contributed by atoms with Crippen LogP contribution in [0.1, 0.15) is 16.8 Å². The zero-order valence-corrected chi connectivity index (χ0v) is 14.7. The quantitative estimate of drug-likeness (QED) is 0.895. The molecule has 2 fully saturated rings. The number of likely N-dealkylation sites (tertiary alicyclic amines) is 1. The molecule has 1 aromatic heterocycles. The number of carbonyl (C=O) groups is 2. The van der Waals surface area contributed by atoms with Crippen molar-refractivity contribution < 1.29 is 14.3 Å². The Kier molecular flexibility index (Phi) is 4.24. The largest absolute Gasteiger partial charge is 0.381 e. The Labute approximate surface area is 152 Å². The number of imidazole rings is 1. The summed E-state index contributed by atoms with van der Waals surface area (Å²) in [7, 11) is 1.66. The van der Waals surface area contributed by atoms with Gasteiger partial charge in [-0.3, -0.25) is 9.59 Å². The van der Waals surface area contributed by atoms with Crippen molar-refractivity contribution in [2.24, 2.45) is 11.3 Å². The van der Waals surface area contributed by atoms with E-state index in [0.29, 0.717) is 38.3 Å². The van der Waals surface area contributed by atoms with Gasteiger partial charge in [-0.05, 0) is 24.6 Å². The monoisotopic (exact) mass is 354 g/mol. The van der Waals surface area contributed by atoms with Crippen LogP contribution in [0, 0.1) is 11.3 Å². The predicted molar refractivity (Wildman–Crippen MR) is 94.9 cm³/mol. The van der Waals surface area contributed by atoms with Gasteiger partial charge in [0.05, 0.1) is 18.3 Å².